The second-order valence-electron chi connectivity index (χ2n) is 5.37. The zero-order valence-corrected chi connectivity index (χ0v) is 10.3. The Kier molecular flexibility index (Phi) is 2.81. The van der Waals surface area contributed by atoms with Gasteiger partial charge in [0.25, 0.3) is 0 Å². The van der Waals surface area contributed by atoms with Crippen molar-refractivity contribution in [1.29, 1.82) is 0 Å². The lowest BCUT2D eigenvalue weighted by atomic mass is 9.82. The minimum atomic E-state index is -0.617. The number of amides is 1. The first-order valence-corrected chi connectivity index (χ1v) is 5.94. The Hall–Kier alpha value is -1.58. The van der Waals surface area contributed by atoms with E-state index in [-0.39, 0.29) is 11.7 Å². The average Bonchev–Trinajstić information content (AvgIpc) is 2.62. The van der Waals surface area contributed by atoms with E-state index in [2.05, 4.69) is 4.98 Å². The molecule has 1 aliphatic carbocycles. The minimum Gasteiger partial charge on any atom is -0.369 e. The van der Waals surface area contributed by atoms with Crippen molar-refractivity contribution in [1.82, 2.24) is 4.98 Å². The number of carbonyl (C=O) groups is 2. The highest BCUT2D eigenvalue weighted by Crippen LogP contribution is 2.29. The van der Waals surface area contributed by atoms with E-state index in [4.69, 9.17) is 5.73 Å². The monoisotopic (exact) mass is 234 g/mol. The molecule has 0 bridgehead atoms. The van der Waals surface area contributed by atoms with Crippen LogP contribution in [0.25, 0.3) is 0 Å². The van der Waals surface area contributed by atoms with Gasteiger partial charge in [-0.05, 0) is 24.8 Å². The van der Waals surface area contributed by atoms with E-state index in [0.29, 0.717) is 12.8 Å². The molecule has 0 radical (unpaired) electrons. The van der Waals surface area contributed by atoms with Crippen LogP contribution in [-0.2, 0) is 17.6 Å². The molecule has 1 aromatic heterocycles. The number of primary amides is 1. The number of ketones is 1. The quantitative estimate of drug-likeness (QED) is 0.833. The molecule has 0 aromatic carbocycles. The van der Waals surface area contributed by atoms with Gasteiger partial charge in [-0.2, -0.15) is 0 Å². The van der Waals surface area contributed by atoms with Crippen LogP contribution in [0.1, 0.15) is 48.3 Å². The standard InChI is InChI=1S/C13H18N2O2/c1-13(2,12(14)17)6-8-7-15-9-4-3-5-10(16)11(8)9/h7,15H,3-6H2,1-2H3,(H2,14,17). The molecule has 17 heavy (non-hydrogen) atoms. The Morgan fingerprint density at radius 3 is 2.82 bits per heavy atom. The number of aromatic amines is 1. The summed E-state index contributed by atoms with van der Waals surface area (Å²) in [5.74, 6) is -0.154. The summed E-state index contributed by atoms with van der Waals surface area (Å²) in [6.07, 6.45) is 4.79. The van der Waals surface area contributed by atoms with Crippen LogP contribution in [0.3, 0.4) is 0 Å². The van der Waals surface area contributed by atoms with E-state index in [1.807, 2.05) is 20.0 Å². The number of aryl methyl sites for hydroxylation is 1. The van der Waals surface area contributed by atoms with Crippen molar-refractivity contribution in [2.75, 3.05) is 0 Å². The summed E-state index contributed by atoms with van der Waals surface area (Å²) in [7, 11) is 0. The van der Waals surface area contributed by atoms with E-state index in [1.165, 1.54) is 0 Å². The molecule has 4 nitrogen and oxygen atoms in total. The third-order valence-electron chi connectivity index (χ3n) is 3.45. The van der Waals surface area contributed by atoms with E-state index < -0.39 is 5.41 Å². The lowest BCUT2D eigenvalue weighted by molar-refractivity contribution is -0.125. The molecule has 0 spiro atoms. The zero-order valence-electron chi connectivity index (χ0n) is 10.3. The lowest BCUT2D eigenvalue weighted by Crippen LogP contribution is -2.33. The van der Waals surface area contributed by atoms with Crippen LogP contribution in [0.15, 0.2) is 6.20 Å². The molecule has 0 saturated heterocycles. The molecular weight excluding hydrogens is 216 g/mol. The molecule has 0 atom stereocenters. The molecule has 92 valence electrons. The van der Waals surface area contributed by atoms with Crippen molar-refractivity contribution in [2.45, 2.75) is 39.5 Å². The minimum absolute atomic E-state index is 0.183. The third-order valence-corrected chi connectivity index (χ3v) is 3.45. The van der Waals surface area contributed by atoms with Crippen molar-refractivity contribution < 1.29 is 9.59 Å². The van der Waals surface area contributed by atoms with Gasteiger partial charge in [-0.15, -0.1) is 0 Å². The van der Waals surface area contributed by atoms with Gasteiger partial charge in [0.2, 0.25) is 5.91 Å². The van der Waals surface area contributed by atoms with Gasteiger partial charge in [-0.25, -0.2) is 0 Å². The van der Waals surface area contributed by atoms with Crippen molar-refractivity contribution in [2.24, 2.45) is 11.1 Å². The van der Waals surface area contributed by atoms with Crippen LogP contribution in [0.2, 0.25) is 0 Å². The van der Waals surface area contributed by atoms with Gasteiger partial charge in [0, 0.05) is 29.3 Å². The highest BCUT2D eigenvalue weighted by molar-refractivity contribution is 5.99. The number of H-pyrrole nitrogens is 1. The number of hydrogen-bond donors (Lipinski definition) is 2. The largest absolute Gasteiger partial charge is 0.369 e. The normalized spacial score (nSPS) is 15.8. The van der Waals surface area contributed by atoms with Crippen molar-refractivity contribution in [3.8, 4) is 0 Å². The summed E-state index contributed by atoms with van der Waals surface area (Å²) in [6.45, 7) is 3.62. The van der Waals surface area contributed by atoms with Gasteiger partial charge in [0.05, 0.1) is 0 Å². The average molecular weight is 234 g/mol. The number of carbonyl (C=O) groups excluding carboxylic acids is 2. The highest BCUT2D eigenvalue weighted by atomic mass is 16.1. The third kappa shape index (κ3) is 2.12. The Morgan fingerprint density at radius 1 is 1.47 bits per heavy atom. The summed E-state index contributed by atoms with van der Waals surface area (Å²) < 4.78 is 0. The molecule has 0 aliphatic heterocycles. The van der Waals surface area contributed by atoms with Crippen LogP contribution < -0.4 is 5.73 Å². The van der Waals surface area contributed by atoms with Crippen LogP contribution in [0.4, 0.5) is 0 Å². The molecule has 1 aliphatic rings. The summed E-state index contributed by atoms with van der Waals surface area (Å²) in [5, 5.41) is 0. The maximum Gasteiger partial charge on any atom is 0.223 e. The van der Waals surface area contributed by atoms with E-state index in [0.717, 1.165) is 29.7 Å². The van der Waals surface area contributed by atoms with Crippen LogP contribution in [0.5, 0.6) is 0 Å². The first kappa shape index (κ1) is 11.9. The second kappa shape index (κ2) is 4.02. The van der Waals surface area contributed by atoms with Crippen LogP contribution >= 0.6 is 0 Å². The predicted octanol–water partition coefficient (Wildman–Crippen LogP) is 1.59. The molecule has 2 rings (SSSR count). The van der Waals surface area contributed by atoms with Gasteiger partial charge in [0.1, 0.15) is 0 Å². The first-order valence-electron chi connectivity index (χ1n) is 5.94. The molecule has 1 amide bonds. The van der Waals surface area contributed by atoms with Gasteiger partial charge in [0.15, 0.2) is 5.78 Å². The maximum absolute atomic E-state index is 11.9. The van der Waals surface area contributed by atoms with Gasteiger partial charge >= 0.3 is 0 Å². The Bertz CT molecular complexity index is 472. The fourth-order valence-corrected chi connectivity index (χ4v) is 2.31. The van der Waals surface area contributed by atoms with Gasteiger partial charge in [-0.1, -0.05) is 13.8 Å². The SMILES string of the molecule is CC(C)(Cc1c[nH]c2c1C(=O)CCC2)C(N)=O. The smallest absolute Gasteiger partial charge is 0.223 e. The molecule has 1 aromatic rings. The Morgan fingerprint density at radius 2 is 2.18 bits per heavy atom. The van der Waals surface area contributed by atoms with Crippen molar-refractivity contribution >= 4 is 11.7 Å². The lowest BCUT2D eigenvalue weighted by Gasteiger charge is -2.21. The summed E-state index contributed by atoms with van der Waals surface area (Å²) >= 11 is 0. The molecule has 3 N–H and O–H groups in total. The summed E-state index contributed by atoms with van der Waals surface area (Å²) in [6, 6.07) is 0. The van der Waals surface area contributed by atoms with Gasteiger partial charge in [-0.3, -0.25) is 9.59 Å². The highest BCUT2D eigenvalue weighted by Gasteiger charge is 2.30. The van der Waals surface area contributed by atoms with Crippen molar-refractivity contribution in [3.63, 3.8) is 0 Å². The van der Waals surface area contributed by atoms with Crippen molar-refractivity contribution in [3.05, 3.63) is 23.0 Å². The van der Waals surface area contributed by atoms with E-state index in [1.54, 1.807) is 0 Å². The maximum atomic E-state index is 11.9. The fraction of sp³-hybridized carbons (Fsp3) is 0.538. The summed E-state index contributed by atoms with van der Waals surface area (Å²) in [4.78, 5) is 26.4. The van der Waals surface area contributed by atoms with Crippen LogP contribution in [0, 0.1) is 5.41 Å². The molecular formula is C13H18N2O2. The number of hydrogen-bond acceptors (Lipinski definition) is 2. The number of nitrogens with two attached hydrogens (primary N) is 1. The molecule has 1 heterocycles. The fourth-order valence-electron chi connectivity index (χ4n) is 2.31. The number of nitrogens with one attached hydrogen (secondary N) is 1. The molecule has 0 fully saturated rings. The molecule has 0 saturated carbocycles. The number of fused-ring (bicyclic) bond motifs is 1. The zero-order chi connectivity index (χ0) is 12.6. The number of rotatable bonds is 3. The number of Topliss-reactive ketones (excluding diaryl/α,β-unsaturated/α-hetero) is 1. The van der Waals surface area contributed by atoms with Gasteiger partial charge < -0.3 is 10.7 Å². The topological polar surface area (TPSA) is 75.9 Å². The first-order chi connectivity index (χ1) is 7.92. The Balaban J connectivity index is 2.32. The predicted molar refractivity (Wildman–Crippen MR) is 64.7 cm³/mol. The van der Waals surface area contributed by atoms with Crippen LogP contribution in [-0.4, -0.2) is 16.7 Å². The molecule has 0 unspecified atom stereocenters. The summed E-state index contributed by atoms with van der Waals surface area (Å²) in [5.41, 5.74) is 7.48. The second-order valence-corrected chi connectivity index (χ2v) is 5.37. The van der Waals surface area contributed by atoms with E-state index >= 15 is 0 Å². The Labute approximate surface area is 101 Å². The number of aromatic nitrogens is 1. The van der Waals surface area contributed by atoms with E-state index in [9.17, 15) is 9.59 Å². The molecule has 4 heteroatoms.